The third-order valence-corrected chi connectivity index (χ3v) is 2.96. The van der Waals surface area contributed by atoms with Gasteiger partial charge in [-0.25, -0.2) is 0 Å². The summed E-state index contributed by atoms with van der Waals surface area (Å²) in [5.41, 5.74) is 6.83. The Morgan fingerprint density at radius 1 is 1.44 bits per heavy atom. The number of halogens is 1. The number of nitrogens with two attached hydrogens (primary N) is 1. The molecule has 0 spiro atoms. The van der Waals surface area contributed by atoms with Crippen LogP contribution in [0.2, 0.25) is 5.02 Å². The van der Waals surface area contributed by atoms with Crippen molar-refractivity contribution in [3.05, 3.63) is 16.9 Å². The molecule has 2 N–H and O–H groups in total. The molecule has 1 rings (SSSR count). The van der Waals surface area contributed by atoms with E-state index in [-0.39, 0.29) is 0 Å². The Labute approximate surface area is 113 Å². The van der Waals surface area contributed by atoms with Crippen molar-refractivity contribution in [2.75, 3.05) is 34.9 Å². The van der Waals surface area contributed by atoms with Gasteiger partial charge in [-0.05, 0) is 14.1 Å². The maximum Gasteiger partial charge on any atom is 0.177 e. The highest BCUT2D eigenvalue weighted by Gasteiger charge is 2.25. The first kappa shape index (κ1) is 15.4. The fourth-order valence-corrected chi connectivity index (χ4v) is 1.96. The summed E-state index contributed by atoms with van der Waals surface area (Å²) in [6.07, 6.45) is 1.05. The molecule has 18 heavy (non-hydrogen) atoms. The number of aromatic nitrogens is 2. The molecule has 0 fully saturated rings. The molecule has 1 unspecified atom stereocenters. The van der Waals surface area contributed by atoms with Crippen molar-refractivity contribution in [3.8, 4) is 0 Å². The van der Waals surface area contributed by atoms with E-state index in [2.05, 4.69) is 10.00 Å². The van der Waals surface area contributed by atoms with Crippen molar-refractivity contribution in [2.24, 2.45) is 5.73 Å². The Morgan fingerprint density at radius 2 is 2.06 bits per heavy atom. The van der Waals surface area contributed by atoms with Crippen LogP contribution in [0.15, 0.2) is 6.20 Å². The topological polar surface area (TPSA) is 65.5 Å². The van der Waals surface area contributed by atoms with Crippen molar-refractivity contribution in [1.29, 1.82) is 0 Å². The molecule has 7 heteroatoms. The standard InChI is InChI=1S/C11H21ClN4O2/c1-15(2)5-6-16-10(8(12)7-14-16)9(13)11(17-3)18-4/h7,9,11H,5-6,13H2,1-4H3. The molecule has 1 atom stereocenters. The van der Waals surface area contributed by atoms with Gasteiger partial charge in [0.2, 0.25) is 0 Å². The van der Waals surface area contributed by atoms with Crippen LogP contribution in [-0.2, 0) is 16.0 Å². The van der Waals surface area contributed by atoms with E-state index in [1.807, 2.05) is 14.1 Å². The lowest BCUT2D eigenvalue weighted by molar-refractivity contribution is -0.118. The monoisotopic (exact) mass is 276 g/mol. The zero-order valence-corrected chi connectivity index (χ0v) is 12.0. The Bertz CT molecular complexity index is 366. The molecule has 1 heterocycles. The molecule has 0 saturated carbocycles. The summed E-state index contributed by atoms with van der Waals surface area (Å²) in [4.78, 5) is 2.06. The summed E-state index contributed by atoms with van der Waals surface area (Å²) in [7, 11) is 7.08. The summed E-state index contributed by atoms with van der Waals surface area (Å²) < 4.78 is 12.1. The lowest BCUT2D eigenvalue weighted by atomic mass is 10.2. The molecule has 104 valence electrons. The molecule has 0 aromatic carbocycles. The highest BCUT2D eigenvalue weighted by atomic mass is 35.5. The summed E-state index contributed by atoms with van der Waals surface area (Å²) in [6, 6.07) is -0.475. The first-order chi connectivity index (χ1) is 8.51. The summed E-state index contributed by atoms with van der Waals surface area (Å²) in [6.45, 7) is 1.56. The van der Waals surface area contributed by atoms with Gasteiger partial charge < -0.3 is 20.1 Å². The maximum absolute atomic E-state index is 6.13. The second-order valence-corrected chi connectivity index (χ2v) is 4.68. The molecule has 0 saturated heterocycles. The highest BCUT2D eigenvalue weighted by Crippen LogP contribution is 2.24. The lowest BCUT2D eigenvalue weighted by Crippen LogP contribution is -2.32. The van der Waals surface area contributed by atoms with Gasteiger partial charge in [0.25, 0.3) is 0 Å². The van der Waals surface area contributed by atoms with Crippen LogP contribution in [0.4, 0.5) is 0 Å². The minimum Gasteiger partial charge on any atom is -0.354 e. The van der Waals surface area contributed by atoms with Gasteiger partial charge in [-0.3, -0.25) is 4.68 Å². The Balaban J connectivity index is 2.89. The van der Waals surface area contributed by atoms with Crippen LogP contribution in [0.1, 0.15) is 11.7 Å². The minimum atomic E-state index is -0.544. The maximum atomic E-state index is 6.13. The van der Waals surface area contributed by atoms with Crippen LogP contribution < -0.4 is 5.73 Å². The van der Waals surface area contributed by atoms with Gasteiger partial charge in [0, 0.05) is 20.8 Å². The largest absolute Gasteiger partial charge is 0.354 e. The van der Waals surface area contributed by atoms with Crippen molar-refractivity contribution in [3.63, 3.8) is 0 Å². The second kappa shape index (κ2) is 7.06. The van der Waals surface area contributed by atoms with Crippen molar-refractivity contribution < 1.29 is 9.47 Å². The van der Waals surface area contributed by atoms with Gasteiger partial charge in [0.15, 0.2) is 6.29 Å². The van der Waals surface area contributed by atoms with Gasteiger partial charge in [-0.15, -0.1) is 0 Å². The van der Waals surface area contributed by atoms with E-state index in [4.69, 9.17) is 26.8 Å². The predicted molar refractivity (Wildman–Crippen MR) is 70.5 cm³/mol. The number of hydrogen-bond acceptors (Lipinski definition) is 5. The summed E-state index contributed by atoms with van der Waals surface area (Å²) in [5.74, 6) is 0. The van der Waals surface area contributed by atoms with E-state index in [9.17, 15) is 0 Å². The van der Waals surface area contributed by atoms with Crippen LogP contribution in [-0.4, -0.2) is 55.8 Å². The van der Waals surface area contributed by atoms with E-state index in [1.54, 1.807) is 25.1 Å². The molecule has 0 amide bonds. The molecule has 1 aromatic rings. The fourth-order valence-electron chi connectivity index (χ4n) is 1.69. The first-order valence-electron chi connectivity index (χ1n) is 5.68. The average Bonchev–Trinajstić information content (AvgIpc) is 2.69. The summed E-state index contributed by atoms with van der Waals surface area (Å²) >= 11 is 6.13. The van der Waals surface area contributed by atoms with Gasteiger partial charge in [0.1, 0.15) is 0 Å². The van der Waals surface area contributed by atoms with E-state index < -0.39 is 12.3 Å². The SMILES string of the molecule is COC(OC)C(N)c1c(Cl)cnn1CCN(C)C. The van der Waals surface area contributed by atoms with Gasteiger partial charge in [-0.1, -0.05) is 11.6 Å². The number of hydrogen-bond donors (Lipinski definition) is 1. The third kappa shape index (κ3) is 3.66. The van der Waals surface area contributed by atoms with Crippen molar-refractivity contribution >= 4 is 11.6 Å². The molecule has 0 radical (unpaired) electrons. The van der Waals surface area contributed by atoms with E-state index in [0.717, 1.165) is 12.2 Å². The van der Waals surface area contributed by atoms with Crippen LogP contribution in [0.5, 0.6) is 0 Å². The number of likely N-dealkylation sites (N-methyl/N-ethyl adjacent to an activating group) is 1. The molecular weight excluding hydrogens is 256 g/mol. The Morgan fingerprint density at radius 3 is 2.56 bits per heavy atom. The van der Waals surface area contributed by atoms with E-state index in [0.29, 0.717) is 11.6 Å². The number of nitrogens with zero attached hydrogens (tertiary/aromatic N) is 3. The predicted octanol–water partition coefficient (Wildman–Crippen LogP) is 0.717. The summed E-state index contributed by atoms with van der Waals surface area (Å²) in [5, 5.41) is 4.75. The number of rotatable bonds is 7. The number of methoxy groups -OCH3 is 2. The lowest BCUT2D eigenvalue weighted by Gasteiger charge is -2.22. The fraction of sp³-hybridized carbons (Fsp3) is 0.727. The molecule has 6 nitrogen and oxygen atoms in total. The molecular formula is C11H21ClN4O2. The van der Waals surface area contributed by atoms with Gasteiger partial charge in [-0.2, -0.15) is 5.10 Å². The van der Waals surface area contributed by atoms with Gasteiger partial charge >= 0.3 is 0 Å². The first-order valence-corrected chi connectivity index (χ1v) is 6.06. The molecule has 0 aliphatic carbocycles. The van der Waals surface area contributed by atoms with Crippen LogP contribution in [0.3, 0.4) is 0 Å². The van der Waals surface area contributed by atoms with E-state index >= 15 is 0 Å². The average molecular weight is 277 g/mol. The second-order valence-electron chi connectivity index (χ2n) is 4.27. The van der Waals surface area contributed by atoms with Crippen LogP contribution in [0.25, 0.3) is 0 Å². The minimum absolute atomic E-state index is 0.475. The molecule has 0 bridgehead atoms. The Kier molecular flexibility index (Phi) is 6.04. The molecule has 1 aromatic heterocycles. The third-order valence-electron chi connectivity index (χ3n) is 2.67. The molecule has 0 aliphatic heterocycles. The smallest absolute Gasteiger partial charge is 0.177 e. The van der Waals surface area contributed by atoms with Crippen LogP contribution >= 0.6 is 11.6 Å². The van der Waals surface area contributed by atoms with Crippen molar-refractivity contribution in [1.82, 2.24) is 14.7 Å². The quantitative estimate of drug-likeness (QED) is 0.744. The number of ether oxygens (including phenoxy) is 2. The van der Waals surface area contributed by atoms with E-state index in [1.165, 1.54) is 0 Å². The zero-order chi connectivity index (χ0) is 13.7. The Hall–Kier alpha value is -0.660. The normalized spacial score (nSPS) is 13.6. The van der Waals surface area contributed by atoms with Gasteiger partial charge in [0.05, 0.1) is 29.5 Å². The van der Waals surface area contributed by atoms with Crippen molar-refractivity contribution in [2.45, 2.75) is 18.9 Å². The zero-order valence-electron chi connectivity index (χ0n) is 11.3. The van der Waals surface area contributed by atoms with Crippen LogP contribution in [0, 0.1) is 0 Å². The molecule has 0 aliphatic rings. The highest BCUT2D eigenvalue weighted by molar-refractivity contribution is 6.31.